The molecule has 3 aromatic rings. The molecule has 0 bridgehead atoms. The SMILES string of the molecule is O=C(c1cnc(Nc2ccccc2)nc1)N1CCc2ccccc21. The van der Waals surface area contributed by atoms with Crippen LogP contribution in [0.25, 0.3) is 0 Å². The largest absolute Gasteiger partial charge is 0.324 e. The quantitative estimate of drug-likeness (QED) is 0.804. The number of benzene rings is 2. The van der Waals surface area contributed by atoms with Crippen molar-refractivity contribution in [3.8, 4) is 0 Å². The van der Waals surface area contributed by atoms with Crippen molar-refractivity contribution in [1.82, 2.24) is 9.97 Å². The number of anilines is 3. The molecule has 5 nitrogen and oxygen atoms in total. The highest BCUT2D eigenvalue weighted by Gasteiger charge is 2.25. The van der Waals surface area contributed by atoms with E-state index in [-0.39, 0.29) is 5.91 Å². The summed E-state index contributed by atoms with van der Waals surface area (Å²) in [5.41, 5.74) is 3.58. The van der Waals surface area contributed by atoms with Gasteiger partial charge in [-0.05, 0) is 30.2 Å². The number of hydrogen-bond acceptors (Lipinski definition) is 4. The van der Waals surface area contributed by atoms with Gasteiger partial charge < -0.3 is 10.2 Å². The average Bonchev–Trinajstić information content (AvgIpc) is 3.07. The van der Waals surface area contributed by atoms with E-state index in [9.17, 15) is 4.79 Å². The molecule has 0 saturated heterocycles. The number of carbonyl (C=O) groups excluding carboxylic acids is 1. The highest BCUT2D eigenvalue weighted by molar-refractivity contribution is 6.07. The van der Waals surface area contributed by atoms with Crippen LogP contribution in [0.1, 0.15) is 15.9 Å². The lowest BCUT2D eigenvalue weighted by Crippen LogP contribution is -2.29. The summed E-state index contributed by atoms with van der Waals surface area (Å²) in [6.45, 7) is 0.697. The van der Waals surface area contributed by atoms with Crippen LogP contribution in [0.3, 0.4) is 0 Å². The molecule has 1 aliphatic heterocycles. The molecule has 0 spiro atoms. The third kappa shape index (κ3) is 2.72. The lowest BCUT2D eigenvalue weighted by molar-refractivity contribution is 0.0988. The van der Waals surface area contributed by atoms with Crippen LogP contribution in [0.4, 0.5) is 17.3 Å². The number of nitrogens with zero attached hydrogens (tertiary/aromatic N) is 3. The second-order valence-corrected chi connectivity index (χ2v) is 5.62. The van der Waals surface area contributed by atoms with E-state index in [2.05, 4.69) is 21.4 Å². The van der Waals surface area contributed by atoms with Crippen molar-refractivity contribution >= 4 is 23.2 Å². The first kappa shape index (κ1) is 14.4. The Balaban J connectivity index is 1.52. The summed E-state index contributed by atoms with van der Waals surface area (Å²) >= 11 is 0. The Kier molecular flexibility index (Phi) is 3.67. The number of amides is 1. The highest BCUT2D eigenvalue weighted by atomic mass is 16.2. The van der Waals surface area contributed by atoms with E-state index in [1.165, 1.54) is 5.56 Å². The molecule has 24 heavy (non-hydrogen) atoms. The minimum atomic E-state index is -0.0637. The van der Waals surface area contributed by atoms with E-state index in [1.807, 2.05) is 48.5 Å². The molecule has 0 radical (unpaired) electrons. The van der Waals surface area contributed by atoms with Crippen LogP contribution in [-0.2, 0) is 6.42 Å². The molecule has 0 atom stereocenters. The first-order valence-electron chi connectivity index (χ1n) is 7.85. The van der Waals surface area contributed by atoms with Crippen LogP contribution in [0.2, 0.25) is 0 Å². The van der Waals surface area contributed by atoms with Crippen molar-refractivity contribution in [2.24, 2.45) is 0 Å². The molecule has 0 aliphatic carbocycles. The summed E-state index contributed by atoms with van der Waals surface area (Å²) in [7, 11) is 0. The summed E-state index contributed by atoms with van der Waals surface area (Å²) in [5, 5.41) is 3.11. The predicted molar refractivity (Wildman–Crippen MR) is 93.6 cm³/mol. The predicted octanol–water partition coefficient (Wildman–Crippen LogP) is 3.42. The first-order chi connectivity index (χ1) is 11.8. The average molecular weight is 316 g/mol. The standard InChI is InChI=1S/C19H16N4O/c24-18(23-11-10-14-6-4-5-9-17(14)23)15-12-20-19(21-13-15)22-16-7-2-1-3-8-16/h1-9,12-13H,10-11H2,(H,20,21,22). The van der Waals surface area contributed by atoms with Crippen LogP contribution in [0.15, 0.2) is 67.0 Å². The van der Waals surface area contributed by atoms with Crippen molar-refractivity contribution in [3.05, 3.63) is 78.1 Å². The van der Waals surface area contributed by atoms with Gasteiger partial charge in [-0.25, -0.2) is 9.97 Å². The van der Waals surface area contributed by atoms with Gasteiger partial charge in [-0.15, -0.1) is 0 Å². The van der Waals surface area contributed by atoms with E-state index in [0.717, 1.165) is 17.8 Å². The Morgan fingerprint density at radius 2 is 1.67 bits per heavy atom. The Bertz CT molecular complexity index is 862. The maximum absolute atomic E-state index is 12.7. The van der Waals surface area contributed by atoms with Crippen LogP contribution in [0, 0.1) is 0 Å². The molecule has 1 aromatic heterocycles. The molecule has 1 aliphatic rings. The maximum atomic E-state index is 12.7. The number of carbonyl (C=O) groups is 1. The molecule has 1 N–H and O–H groups in total. The van der Waals surface area contributed by atoms with Gasteiger partial charge in [0.25, 0.3) is 5.91 Å². The van der Waals surface area contributed by atoms with Crippen molar-refractivity contribution in [2.75, 3.05) is 16.8 Å². The third-order valence-electron chi connectivity index (χ3n) is 4.06. The van der Waals surface area contributed by atoms with E-state index in [4.69, 9.17) is 0 Å². The van der Waals surface area contributed by atoms with Gasteiger partial charge >= 0.3 is 0 Å². The zero-order valence-electron chi connectivity index (χ0n) is 13.0. The van der Waals surface area contributed by atoms with Gasteiger partial charge in [-0.2, -0.15) is 0 Å². The zero-order chi connectivity index (χ0) is 16.4. The van der Waals surface area contributed by atoms with E-state index in [1.54, 1.807) is 17.3 Å². The van der Waals surface area contributed by atoms with Gasteiger partial charge in [0.15, 0.2) is 0 Å². The van der Waals surface area contributed by atoms with Gasteiger partial charge in [-0.3, -0.25) is 4.79 Å². The monoisotopic (exact) mass is 316 g/mol. The number of fused-ring (bicyclic) bond motifs is 1. The van der Waals surface area contributed by atoms with Crippen molar-refractivity contribution in [2.45, 2.75) is 6.42 Å². The topological polar surface area (TPSA) is 58.1 Å². The number of aromatic nitrogens is 2. The normalized spacial score (nSPS) is 12.8. The fourth-order valence-corrected chi connectivity index (χ4v) is 2.86. The van der Waals surface area contributed by atoms with E-state index >= 15 is 0 Å². The first-order valence-corrected chi connectivity index (χ1v) is 7.85. The van der Waals surface area contributed by atoms with Crippen molar-refractivity contribution < 1.29 is 4.79 Å². The Labute approximate surface area is 140 Å². The minimum Gasteiger partial charge on any atom is -0.324 e. The molecule has 0 saturated carbocycles. The Morgan fingerprint density at radius 1 is 0.958 bits per heavy atom. The summed E-state index contributed by atoms with van der Waals surface area (Å²) in [5.74, 6) is 0.408. The zero-order valence-corrected chi connectivity index (χ0v) is 13.0. The van der Waals surface area contributed by atoms with Crippen LogP contribution in [0.5, 0.6) is 0 Å². The van der Waals surface area contributed by atoms with E-state index < -0.39 is 0 Å². The van der Waals surface area contributed by atoms with Crippen molar-refractivity contribution in [1.29, 1.82) is 0 Å². The van der Waals surface area contributed by atoms with Crippen LogP contribution >= 0.6 is 0 Å². The van der Waals surface area contributed by atoms with Gasteiger partial charge in [0.1, 0.15) is 0 Å². The molecule has 1 amide bonds. The molecular weight excluding hydrogens is 300 g/mol. The fourth-order valence-electron chi connectivity index (χ4n) is 2.86. The van der Waals surface area contributed by atoms with Crippen molar-refractivity contribution in [3.63, 3.8) is 0 Å². The second-order valence-electron chi connectivity index (χ2n) is 5.62. The lowest BCUT2D eigenvalue weighted by atomic mass is 10.2. The summed E-state index contributed by atoms with van der Waals surface area (Å²) < 4.78 is 0. The number of hydrogen-bond donors (Lipinski definition) is 1. The molecule has 0 fully saturated rings. The van der Waals surface area contributed by atoms with Crippen LogP contribution < -0.4 is 10.2 Å². The molecular formula is C19H16N4O. The molecule has 118 valence electrons. The lowest BCUT2D eigenvalue weighted by Gasteiger charge is -2.17. The van der Waals surface area contributed by atoms with Gasteiger partial charge in [-0.1, -0.05) is 36.4 Å². The molecule has 0 unspecified atom stereocenters. The summed E-state index contributed by atoms with van der Waals surface area (Å²) in [4.78, 5) is 23.0. The molecule has 2 heterocycles. The van der Waals surface area contributed by atoms with Crippen LogP contribution in [-0.4, -0.2) is 22.4 Å². The minimum absolute atomic E-state index is 0.0637. The maximum Gasteiger partial charge on any atom is 0.261 e. The number of rotatable bonds is 3. The highest BCUT2D eigenvalue weighted by Crippen LogP contribution is 2.28. The number of para-hydroxylation sites is 2. The molecule has 5 heteroatoms. The van der Waals surface area contributed by atoms with Gasteiger partial charge in [0.05, 0.1) is 5.56 Å². The smallest absolute Gasteiger partial charge is 0.261 e. The molecule has 2 aromatic carbocycles. The fraction of sp³-hybridized carbons (Fsp3) is 0.105. The number of nitrogens with one attached hydrogen (secondary N) is 1. The summed E-state index contributed by atoms with van der Waals surface area (Å²) in [6.07, 6.45) is 4.03. The van der Waals surface area contributed by atoms with Gasteiger partial charge in [0, 0.05) is 30.3 Å². The van der Waals surface area contributed by atoms with E-state index in [0.29, 0.717) is 18.1 Å². The second kappa shape index (κ2) is 6.12. The Morgan fingerprint density at radius 3 is 2.46 bits per heavy atom. The third-order valence-corrected chi connectivity index (χ3v) is 4.06. The molecule has 4 rings (SSSR count). The van der Waals surface area contributed by atoms with Gasteiger partial charge in [0.2, 0.25) is 5.95 Å². The summed E-state index contributed by atoms with van der Waals surface area (Å²) in [6, 6.07) is 17.7. The Hall–Kier alpha value is -3.21.